The zero-order valence-electron chi connectivity index (χ0n) is 13.6. The third kappa shape index (κ3) is 4.72. The molecule has 1 N–H and O–H groups in total. The number of alkyl halides is 3. The summed E-state index contributed by atoms with van der Waals surface area (Å²) in [6.45, 7) is -1.21. The quantitative estimate of drug-likeness (QED) is 0.745. The molecular weight excluding hydrogens is 345 g/mol. The maximum absolute atomic E-state index is 12.3. The fourth-order valence-electron chi connectivity index (χ4n) is 2.38. The molecule has 0 radical (unpaired) electrons. The first-order chi connectivity index (χ1) is 12.4. The molecule has 4 nitrogen and oxygen atoms in total. The number of para-hydroxylation sites is 1. The highest BCUT2D eigenvalue weighted by molar-refractivity contribution is 5.94. The summed E-state index contributed by atoms with van der Waals surface area (Å²) >= 11 is 0. The smallest absolute Gasteiger partial charge is 0.422 e. The first-order valence-electron chi connectivity index (χ1n) is 7.83. The molecule has 26 heavy (non-hydrogen) atoms. The molecule has 134 valence electrons. The van der Waals surface area contributed by atoms with Gasteiger partial charge in [0.05, 0.1) is 5.52 Å². The highest BCUT2D eigenvalue weighted by atomic mass is 19.4. The van der Waals surface area contributed by atoms with Crippen molar-refractivity contribution < 1.29 is 22.7 Å². The van der Waals surface area contributed by atoms with E-state index in [4.69, 9.17) is 4.74 Å². The molecule has 0 atom stereocenters. The van der Waals surface area contributed by atoms with Crippen LogP contribution in [0.5, 0.6) is 5.75 Å². The Labute approximate surface area is 147 Å². The fraction of sp³-hybridized carbons (Fsp3) is 0.158. The molecule has 3 rings (SSSR count). The van der Waals surface area contributed by atoms with E-state index in [9.17, 15) is 18.0 Å². The number of carbonyl (C=O) groups is 1. The van der Waals surface area contributed by atoms with Crippen molar-refractivity contribution in [2.75, 3.05) is 6.61 Å². The number of rotatable bonds is 5. The second-order valence-electron chi connectivity index (χ2n) is 5.62. The molecule has 0 saturated heterocycles. The van der Waals surface area contributed by atoms with Crippen molar-refractivity contribution in [3.05, 3.63) is 71.9 Å². The number of pyridine rings is 1. The molecule has 2 aromatic carbocycles. The molecule has 0 bridgehead atoms. The van der Waals surface area contributed by atoms with Gasteiger partial charge in [-0.15, -0.1) is 0 Å². The summed E-state index contributed by atoms with van der Waals surface area (Å²) in [6, 6.07) is 17.0. The summed E-state index contributed by atoms with van der Waals surface area (Å²) in [5.74, 6) is -0.268. The summed E-state index contributed by atoms with van der Waals surface area (Å²) in [5.41, 5.74) is 1.61. The zero-order valence-corrected chi connectivity index (χ0v) is 13.6. The van der Waals surface area contributed by atoms with Gasteiger partial charge < -0.3 is 10.1 Å². The Kier molecular flexibility index (Phi) is 5.06. The topological polar surface area (TPSA) is 51.2 Å². The van der Waals surface area contributed by atoms with E-state index in [0.29, 0.717) is 11.1 Å². The van der Waals surface area contributed by atoms with Crippen LogP contribution in [0.1, 0.15) is 16.1 Å². The zero-order chi connectivity index (χ0) is 18.6. The van der Waals surface area contributed by atoms with Gasteiger partial charge in [0.25, 0.3) is 5.91 Å². The van der Waals surface area contributed by atoms with Crippen LogP contribution in [0.25, 0.3) is 10.9 Å². The van der Waals surface area contributed by atoms with Crippen LogP contribution < -0.4 is 10.1 Å². The number of fused-ring (bicyclic) bond motifs is 1. The summed E-state index contributed by atoms with van der Waals surface area (Å²) < 4.78 is 41.3. The van der Waals surface area contributed by atoms with Gasteiger partial charge in [-0.3, -0.25) is 4.79 Å². The van der Waals surface area contributed by atoms with Gasteiger partial charge in [-0.25, -0.2) is 4.98 Å². The number of amides is 1. The van der Waals surface area contributed by atoms with Gasteiger partial charge in [0.1, 0.15) is 11.4 Å². The lowest BCUT2D eigenvalue weighted by Gasteiger charge is -2.11. The van der Waals surface area contributed by atoms with Gasteiger partial charge in [-0.2, -0.15) is 13.2 Å². The molecule has 1 amide bonds. The molecule has 1 heterocycles. The molecule has 0 fully saturated rings. The van der Waals surface area contributed by atoms with E-state index < -0.39 is 12.8 Å². The van der Waals surface area contributed by atoms with Crippen molar-refractivity contribution in [2.45, 2.75) is 12.7 Å². The van der Waals surface area contributed by atoms with Crippen molar-refractivity contribution in [2.24, 2.45) is 0 Å². The van der Waals surface area contributed by atoms with Crippen molar-refractivity contribution in [1.29, 1.82) is 0 Å². The van der Waals surface area contributed by atoms with E-state index in [1.807, 2.05) is 30.3 Å². The first-order valence-corrected chi connectivity index (χ1v) is 7.83. The molecule has 0 aliphatic heterocycles. The van der Waals surface area contributed by atoms with Gasteiger partial charge in [-0.1, -0.05) is 36.4 Å². The fourth-order valence-corrected chi connectivity index (χ4v) is 2.38. The number of hydrogen-bond donors (Lipinski definition) is 1. The number of benzene rings is 2. The predicted octanol–water partition coefficient (Wildman–Crippen LogP) is 4.11. The van der Waals surface area contributed by atoms with Crippen LogP contribution in [0, 0.1) is 0 Å². The van der Waals surface area contributed by atoms with Crippen LogP contribution in [0.3, 0.4) is 0 Å². The monoisotopic (exact) mass is 360 g/mol. The Balaban J connectivity index is 1.63. The van der Waals surface area contributed by atoms with E-state index in [1.165, 1.54) is 12.1 Å². The lowest BCUT2D eigenvalue weighted by Crippen LogP contribution is -2.24. The number of carbonyl (C=O) groups excluding carboxylic acids is 1. The van der Waals surface area contributed by atoms with E-state index in [1.54, 1.807) is 18.2 Å². The minimum Gasteiger partial charge on any atom is -0.484 e. The predicted molar refractivity (Wildman–Crippen MR) is 90.9 cm³/mol. The van der Waals surface area contributed by atoms with Gasteiger partial charge in [0, 0.05) is 11.9 Å². The Hall–Kier alpha value is -3.09. The van der Waals surface area contributed by atoms with Crippen molar-refractivity contribution >= 4 is 16.8 Å². The highest BCUT2D eigenvalue weighted by Gasteiger charge is 2.28. The van der Waals surface area contributed by atoms with Crippen LogP contribution in [-0.4, -0.2) is 23.7 Å². The number of halogens is 3. The van der Waals surface area contributed by atoms with Crippen molar-refractivity contribution in [3.63, 3.8) is 0 Å². The lowest BCUT2D eigenvalue weighted by atomic mass is 10.2. The molecule has 7 heteroatoms. The van der Waals surface area contributed by atoms with Crippen LogP contribution >= 0.6 is 0 Å². The van der Waals surface area contributed by atoms with Gasteiger partial charge in [-0.05, 0) is 29.8 Å². The average Bonchev–Trinajstić information content (AvgIpc) is 2.64. The van der Waals surface area contributed by atoms with E-state index >= 15 is 0 Å². The van der Waals surface area contributed by atoms with Gasteiger partial charge in [0.15, 0.2) is 6.61 Å². The standard InChI is InChI=1S/C19H15F3N2O2/c20-19(21,22)12-26-15-6-3-4-13(10-15)11-23-18(25)17-9-8-14-5-1-2-7-16(14)24-17/h1-10H,11-12H2,(H,23,25). The maximum Gasteiger partial charge on any atom is 0.422 e. The Morgan fingerprint density at radius 3 is 2.65 bits per heavy atom. The van der Waals surface area contributed by atoms with E-state index in [0.717, 1.165) is 5.39 Å². The Morgan fingerprint density at radius 2 is 1.85 bits per heavy atom. The number of ether oxygens (including phenoxy) is 1. The van der Waals surface area contributed by atoms with E-state index in [2.05, 4.69) is 10.3 Å². The molecule has 3 aromatic rings. The molecule has 0 aliphatic carbocycles. The van der Waals surface area contributed by atoms with E-state index in [-0.39, 0.29) is 23.9 Å². The minimum atomic E-state index is -4.40. The molecular formula is C19H15F3N2O2. The third-order valence-electron chi connectivity index (χ3n) is 3.59. The Morgan fingerprint density at radius 1 is 1.04 bits per heavy atom. The lowest BCUT2D eigenvalue weighted by molar-refractivity contribution is -0.153. The minimum absolute atomic E-state index is 0.0953. The van der Waals surface area contributed by atoms with Crippen LogP contribution in [0.4, 0.5) is 13.2 Å². The SMILES string of the molecule is O=C(NCc1cccc(OCC(F)(F)F)c1)c1ccc2ccccc2n1. The average molecular weight is 360 g/mol. The second-order valence-corrected chi connectivity index (χ2v) is 5.62. The molecule has 0 aliphatic rings. The molecule has 0 saturated carbocycles. The Bertz CT molecular complexity index is 926. The summed E-state index contributed by atoms with van der Waals surface area (Å²) in [4.78, 5) is 16.5. The van der Waals surface area contributed by atoms with Crippen molar-refractivity contribution in [1.82, 2.24) is 10.3 Å². The van der Waals surface area contributed by atoms with Crippen molar-refractivity contribution in [3.8, 4) is 5.75 Å². The highest BCUT2D eigenvalue weighted by Crippen LogP contribution is 2.19. The van der Waals surface area contributed by atoms with Gasteiger partial charge in [0.2, 0.25) is 0 Å². The van der Waals surface area contributed by atoms with Crippen LogP contribution in [-0.2, 0) is 6.54 Å². The first kappa shape index (κ1) is 17.7. The molecule has 1 aromatic heterocycles. The second kappa shape index (κ2) is 7.43. The summed E-state index contributed by atoms with van der Waals surface area (Å²) in [7, 11) is 0. The number of nitrogens with zero attached hydrogens (tertiary/aromatic N) is 1. The maximum atomic E-state index is 12.3. The van der Waals surface area contributed by atoms with Crippen LogP contribution in [0.2, 0.25) is 0 Å². The third-order valence-corrected chi connectivity index (χ3v) is 3.59. The van der Waals surface area contributed by atoms with Gasteiger partial charge >= 0.3 is 6.18 Å². The number of nitrogens with one attached hydrogen (secondary N) is 1. The number of aromatic nitrogens is 1. The largest absolute Gasteiger partial charge is 0.484 e. The summed E-state index contributed by atoms with van der Waals surface area (Å²) in [6.07, 6.45) is -4.40. The van der Waals surface area contributed by atoms with Crippen LogP contribution in [0.15, 0.2) is 60.7 Å². The normalized spacial score (nSPS) is 11.3. The summed E-state index contributed by atoms with van der Waals surface area (Å²) in [5, 5.41) is 3.63. The molecule has 0 unspecified atom stereocenters. The molecule has 0 spiro atoms. The number of hydrogen-bond acceptors (Lipinski definition) is 3.